The van der Waals surface area contributed by atoms with Crippen molar-refractivity contribution < 1.29 is 19.1 Å². The van der Waals surface area contributed by atoms with Gasteiger partial charge in [-0.3, -0.25) is 9.59 Å². The molecule has 0 aromatic heterocycles. The maximum absolute atomic E-state index is 12.0. The fraction of sp³-hybridized carbons (Fsp3) is 0.500. The first-order chi connectivity index (χ1) is 9.48. The van der Waals surface area contributed by atoms with Gasteiger partial charge in [-0.15, -0.1) is 0 Å². The molecule has 0 atom stereocenters. The second-order valence-electron chi connectivity index (χ2n) is 5.17. The zero-order chi connectivity index (χ0) is 15.0. The second-order valence-corrected chi connectivity index (χ2v) is 5.17. The predicted molar refractivity (Wildman–Crippen MR) is 76.3 cm³/mol. The van der Waals surface area contributed by atoms with Crippen molar-refractivity contribution in [2.45, 2.75) is 40.0 Å². The fourth-order valence-electron chi connectivity index (χ4n) is 1.50. The van der Waals surface area contributed by atoms with Gasteiger partial charge < -0.3 is 9.47 Å². The molecular formula is C16H22O4. The van der Waals surface area contributed by atoms with Crippen molar-refractivity contribution in [3.05, 3.63) is 30.3 Å². The van der Waals surface area contributed by atoms with E-state index in [0.29, 0.717) is 12.4 Å². The summed E-state index contributed by atoms with van der Waals surface area (Å²) in [5, 5.41) is 0. The van der Waals surface area contributed by atoms with E-state index in [4.69, 9.17) is 9.47 Å². The van der Waals surface area contributed by atoms with Gasteiger partial charge in [0.25, 0.3) is 0 Å². The van der Waals surface area contributed by atoms with E-state index < -0.39 is 17.4 Å². The van der Waals surface area contributed by atoms with Crippen LogP contribution in [0.1, 0.15) is 40.0 Å². The Balaban J connectivity index is 2.53. The SMILES string of the molecule is CCCCCOC(=O)C(C)(C)C(=O)Oc1ccccc1. The summed E-state index contributed by atoms with van der Waals surface area (Å²) >= 11 is 0. The molecule has 0 bridgehead atoms. The van der Waals surface area contributed by atoms with Gasteiger partial charge >= 0.3 is 11.9 Å². The van der Waals surface area contributed by atoms with Crippen molar-refractivity contribution in [2.75, 3.05) is 6.61 Å². The van der Waals surface area contributed by atoms with E-state index in [0.717, 1.165) is 19.3 Å². The summed E-state index contributed by atoms with van der Waals surface area (Å²) in [7, 11) is 0. The molecule has 0 heterocycles. The monoisotopic (exact) mass is 278 g/mol. The molecule has 0 spiro atoms. The first-order valence-electron chi connectivity index (χ1n) is 6.93. The molecule has 0 aliphatic heterocycles. The maximum atomic E-state index is 12.0. The van der Waals surface area contributed by atoms with E-state index >= 15 is 0 Å². The van der Waals surface area contributed by atoms with Crippen molar-refractivity contribution in [2.24, 2.45) is 5.41 Å². The lowest BCUT2D eigenvalue weighted by atomic mass is 9.94. The highest BCUT2D eigenvalue weighted by molar-refractivity contribution is 5.99. The Hall–Kier alpha value is -1.84. The molecule has 0 aliphatic carbocycles. The van der Waals surface area contributed by atoms with Crippen LogP contribution in [0.4, 0.5) is 0 Å². The van der Waals surface area contributed by atoms with Crippen LogP contribution in [-0.4, -0.2) is 18.5 Å². The zero-order valence-electron chi connectivity index (χ0n) is 12.3. The highest BCUT2D eigenvalue weighted by Gasteiger charge is 2.39. The third-order valence-corrected chi connectivity index (χ3v) is 2.96. The van der Waals surface area contributed by atoms with Gasteiger partial charge in [-0.1, -0.05) is 38.0 Å². The Kier molecular flexibility index (Phi) is 6.22. The molecular weight excluding hydrogens is 256 g/mol. The lowest BCUT2D eigenvalue weighted by Gasteiger charge is -2.20. The fourth-order valence-corrected chi connectivity index (χ4v) is 1.50. The lowest BCUT2D eigenvalue weighted by molar-refractivity contribution is -0.164. The predicted octanol–water partition coefficient (Wildman–Crippen LogP) is 3.35. The van der Waals surface area contributed by atoms with Gasteiger partial charge in [0.05, 0.1) is 6.61 Å². The molecule has 1 aromatic rings. The van der Waals surface area contributed by atoms with Gasteiger partial charge in [0, 0.05) is 0 Å². The van der Waals surface area contributed by atoms with Gasteiger partial charge in [-0.2, -0.15) is 0 Å². The first-order valence-corrected chi connectivity index (χ1v) is 6.93. The number of carbonyl (C=O) groups excluding carboxylic acids is 2. The number of hydrogen-bond donors (Lipinski definition) is 0. The average molecular weight is 278 g/mol. The smallest absolute Gasteiger partial charge is 0.328 e. The topological polar surface area (TPSA) is 52.6 Å². The molecule has 0 aliphatic rings. The highest BCUT2D eigenvalue weighted by Crippen LogP contribution is 2.22. The molecule has 0 saturated heterocycles. The van der Waals surface area contributed by atoms with Crippen LogP contribution >= 0.6 is 0 Å². The van der Waals surface area contributed by atoms with Crippen molar-refractivity contribution in [1.82, 2.24) is 0 Å². The Morgan fingerprint density at radius 1 is 1.05 bits per heavy atom. The number of unbranched alkanes of at least 4 members (excludes halogenated alkanes) is 2. The van der Waals surface area contributed by atoms with E-state index in [-0.39, 0.29) is 0 Å². The van der Waals surface area contributed by atoms with E-state index in [1.54, 1.807) is 24.3 Å². The number of carbonyl (C=O) groups is 2. The lowest BCUT2D eigenvalue weighted by Crippen LogP contribution is -2.38. The van der Waals surface area contributed by atoms with Gasteiger partial charge in [-0.05, 0) is 32.4 Å². The standard InChI is InChI=1S/C16H22O4/c1-4-5-9-12-19-14(17)16(2,3)15(18)20-13-10-7-6-8-11-13/h6-8,10-11H,4-5,9,12H2,1-3H3. The van der Waals surface area contributed by atoms with Crippen LogP contribution in [0.5, 0.6) is 5.75 Å². The highest BCUT2D eigenvalue weighted by atomic mass is 16.6. The van der Waals surface area contributed by atoms with E-state index in [1.165, 1.54) is 13.8 Å². The van der Waals surface area contributed by atoms with Crippen LogP contribution in [0.2, 0.25) is 0 Å². The van der Waals surface area contributed by atoms with Gasteiger partial charge in [0.2, 0.25) is 0 Å². The van der Waals surface area contributed by atoms with E-state index in [2.05, 4.69) is 6.92 Å². The summed E-state index contributed by atoms with van der Waals surface area (Å²) in [6, 6.07) is 8.68. The van der Waals surface area contributed by atoms with Gasteiger partial charge in [0.15, 0.2) is 5.41 Å². The molecule has 0 fully saturated rings. The molecule has 0 N–H and O–H groups in total. The minimum Gasteiger partial charge on any atom is -0.465 e. The summed E-state index contributed by atoms with van der Waals surface area (Å²) in [5.41, 5.74) is -1.30. The summed E-state index contributed by atoms with van der Waals surface area (Å²) < 4.78 is 10.3. The minimum atomic E-state index is -1.30. The van der Waals surface area contributed by atoms with Gasteiger partial charge in [-0.25, -0.2) is 0 Å². The number of benzene rings is 1. The molecule has 4 heteroatoms. The summed E-state index contributed by atoms with van der Waals surface area (Å²) in [4.78, 5) is 24.0. The number of para-hydroxylation sites is 1. The Morgan fingerprint density at radius 2 is 1.70 bits per heavy atom. The van der Waals surface area contributed by atoms with Crippen molar-refractivity contribution in [3.8, 4) is 5.75 Å². The molecule has 1 rings (SSSR count). The number of hydrogen-bond acceptors (Lipinski definition) is 4. The quantitative estimate of drug-likeness (QED) is 0.332. The van der Waals surface area contributed by atoms with Crippen LogP contribution in [-0.2, 0) is 14.3 Å². The Bertz CT molecular complexity index is 437. The van der Waals surface area contributed by atoms with E-state index in [1.807, 2.05) is 6.07 Å². The maximum Gasteiger partial charge on any atom is 0.328 e. The normalized spacial score (nSPS) is 10.9. The number of ether oxygens (including phenoxy) is 2. The molecule has 110 valence electrons. The summed E-state index contributed by atoms with van der Waals surface area (Å²) in [5.74, 6) is -0.733. The van der Waals surface area contributed by atoms with Crippen LogP contribution in [0.3, 0.4) is 0 Å². The largest absolute Gasteiger partial charge is 0.465 e. The summed E-state index contributed by atoms with van der Waals surface area (Å²) in [6.45, 7) is 5.44. The molecule has 0 radical (unpaired) electrons. The van der Waals surface area contributed by atoms with Crippen molar-refractivity contribution in [1.29, 1.82) is 0 Å². The average Bonchev–Trinajstić information content (AvgIpc) is 2.44. The first kappa shape index (κ1) is 16.2. The van der Waals surface area contributed by atoms with Crippen LogP contribution in [0.25, 0.3) is 0 Å². The Labute approximate surface area is 120 Å². The molecule has 0 unspecified atom stereocenters. The Morgan fingerprint density at radius 3 is 2.30 bits per heavy atom. The molecule has 20 heavy (non-hydrogen) atoms. The van der Waals surface area contributed by atoms with Crippen molar-refractivity contribution >= 4 is 11.9 Å². The number of rotatable bonds is 7. The van der Waals surface area contributed by atoms with Crippen LogP contribution in [0.15, 0.2) is 30.3 Å². The van der Waals surface area contributed by atoms with E-state index in [9.17, 15) is 9.59 Å². The molecule has 4 nitrogen and oxygen atoms in total. The third-order valence-electron chi connectivity index (χ3n) is 2.96. The van der Waals surface area contributed by atoms with Gasteiger partial charge in [0.1, 0.15) is 5.75 Å². The molecule has 1 aromatic carbocycles. The molecule has 0 saturated carbocycles. The zero-order valence-corrected chi connectivity index (χ0v) is 12.3. The van der Waals surface area contributed by atoms with Crippen molar-refractivity contribution in [3.63, 3.8) is 0 Å². The molecule has 0 amide bonds. The van der Waals surface area contributed by atoms with Crippen LogP contribution in [0, 0.1) is 5.41 Å². The summed E-state index contributed by atoms with van der Waals surface area (Å²) in [6.07, 6.45) is 2.87. The third kappa shape index (κ3) is 4.68. The van der Waals surface area contributed by atoms with Crippen LogP contribution < -0.4 is 4.74 Å². The minimum absolute atomic E-state index is 0.342. The number of esters is 2. The second kappa shape index (κ2) is 7.68.